The fraction of sp³-hybridized carbons (Fsp3) is 0.0400. The van der Waals surface area contributed by atoms with Gasteiger partial charge in [0.05, 0.1) is 11.0 Å². The average molecular weight is 564 g/mol. The van der Waals surface area contributed by atoms with Crippen LogP contribution in [0.25, 0.3) is 33.4 Å². The number of carboxylic acids is 1. The van der Waals surface area contributed by atoms with Gasteiger partial charge in [0, 0.05) is 22.9 Å². The van der Waals surface area contributed by atoms with E-state index in [9.17, 15) is 9.59 Å². The molecule has 0 atom stereocenters. The molecule has 0 spiro atoms. The summed E-state index contributed by atoms with van der Waals surface area (Å²) in [5, 5.41) is 19.2. The molecule has 2 aromatic carbocycles. The third-order valence-electron chi connectivity index (χ3n) is 5.28. The van der Waals surface area contributed by atoms with E-state index < -0.39 is 11.9 Å². The molecule has 0 radical (unpaired) electrons. The zero-order valence-corrected chi connectivity index (χ0v) is 20.6. The number of benzene rings is 2. The minimum Gasteiger partial charge on any atom is -0.476 e. The Morgan fingerprint density at radius 1 is 0.718 bits per heavy atom. The highest BCUT2D eigenvalue weighted by Crippen LogP contribution is 2.23. The maximum atomic E-state index is 11.4. The van der Waals surface area contributed by atoms with E-state index in [0.717, 1.165) is 5.52 Å². The number of halogens is 2. The van der Waals surface area contributed by atoms with Gasteiger partial charge in [-0.3, -0.25) is 4.79 Å². The normalized spacial score (nSPS) is 10.5. The van der Waals surface area contributed by atoms with Gasteiger partial charge < -0.3 is 10.8 Å². The van der Waals surface area contributed by atoms with E-state index in [1.165, 1.54) is 28.1 Å². The van der Waals surface area contributed by atoms with Gasteiger partial charge in [0.15, 0.2) is 23.0 Å². The number of aromatic nitrogens is 8. The number of primary amides is 1. The molecule has 3 N–H and O–H groups in total. The second-order valence-corrected chi connectivity index (χ2v) is 8.40. The van der Waals surface area contributed by atoms with Crippen molar-refractivity contribution in [2.75, 3.05) is 0 Å². The van der Waals surface area contributed by atoms with Crippen LogP contribution >= 0.6 is 23.2 Å². The molecule has 0 saturated carbocycles. The SMILES string of the molecule is C.NC(=O)c1nn(-c2cc(Cl)ncn2)c2ccccc12.O=C(O)c1nn(-c2cc(Cl)ncn2)c2ccccc12. The summed E-state index contributed by atoms with van der Waals surface area (Å²) in [5.41, 5.74) is 6.88. The lowest BCUT2D eigenvalue weighted by molar-refractivity contribution is 0.0691. The quantitative estimate of drug-likeness (QED) is 0.295. The van der Waals surface area contributed by atoms with E-state index in [-0.39, 0.29) is 24.0 Å². The van der Waals surface area contributed by atoms with Gasteiger partial charge in [0.25, 0.3) is 5.91 Å². The first kappa shape index (κ1) is 27.1. The Labute approximate surface area is 230 Å². The Morgan fingerprint density at radius 2 is 1.15 bits per heavy atom. The molecule has 0 saturated heterocycles. The molecule has 0 bridgehead atoms. The van der Waals surface area contributed by atoms with Gasteiger partial charge in [0.2, 0.25) is 0 Å². The molecule has 0 aliphatic heterocycles. The minimum atomic E-state index is -1.09. The van der Waals surface area contributed by atoms with Crippen LogP contribution in [-0.4, -0.2) is 56.5 Å². The molecule has 6 rings (SSSR count). The summed E-state index contributed by atoms with van der Waals surface area (Å²) in [6.07, 6.45) is 2.63. The van der Waals surface area contributed by atoms with Crippen molar-refractivity contribution in [1.29, 1.82) is 0 Å². The van der Waals surface area contributed by atoms with E-state index in [2.05, 4.69) is 30.1 Å². The van der Waals surface area contributed by atoms with Gasteiger partial charge in [-0.2, -0.15) is 10.2 Å². The summed E-state index contributed by atoms with van der Waals surface area (Å²) in [7, 11) is 0. The number of carbonyl (C=O) groups is 2. The number of amides is 1. The first-order chi connectivity index (χ1) is 18.3. The summed E-state index contributed by atoms with van der Waals surface area (Å²) in [4.78, 5) is 38.3. The lowest BCUT2D eigenvalue weighted by atomic mass is 10.2. The summed E-state index contributed by atoms with van der Waals surface area (Å²) in [6.45, 7) is 0. The van der Waals surface area contributed by atoms with Crippen molar-refractivity contribution >= 4 is 56.9 Å². The van der Waals surface area contributed by atoms with Crippen molar-refractivity contribution in [2.24, 2.45) is 5.73 Å². The molecule has 0 unspecified atom stereocenters. The molecular weight excluding hydrogens is 545 g/mol. The molecule has 39 heavy (non-hydrogen) atoms. The van der Waals surface area contributed by atoms with Gasteiger partial charge in [0.1, 0.15) is 23.0 Å². The standard InChI is InChI=1S/C12H8ClN5O.C12H7ClN4O2.CH4/c13-9-5-10(16-6-15-9)18-8-4-2-1-3-7(8)11(17-18)12(14)19;13-9-5-10(15-6-14-9)17-8-4-2-1-3-7(8)11(16-17)12(18)19;/h1-6H,(H2,14,19);1-6H,(H,18,19);1H4. The number of hydrogen-bond acceptors (Lipinski definition) is 8. The van der Waals surface area contributed by atoms with Crippen LogP contribution in [0.4, 0.5) is 0 Å². The average Bonchev–Trinajstić information content (AvgIpc) is 3.49. The molecule has 0 fully saturated rings. The Hall–Kier alpha value is -4.94. The minimum absolute atomic E-state index is 0. The van der Waals surface area contributed by atoms with E-state index >= 15 is 0 Å². The summed E-state index contributed by atoms with van der Waals surface area (Å²) < 4.78 is 2.95. The van der Waals surface area contributed by atoms with Gasteiger partial charge in [-0.05, 0) is 12.1 Å². The van der Waals surface area contributed by atoms with Crippen LogP contribution in [0.1, 0.15) is 28.4 Å². The second-order valence-electron chi connectivity index (χ2n) is 7.62. The highest BCUT2D eigenvalue weighted by Gasteiger charge is 2.18. The van der Waals surface area contributed by atoms with Crippen molar-refractivity contribution < 1.29 is 14.7 Å². The summed E-state index contributed by atoms with van der Waals surface area (Å²) >= 11 is 11.6. The highest BCUT2D eigenvalue weighted by molar-refractivity contribution is 6.29. The zero-order chi connectivity index (χ0) is 26.8. The Bertz CT molecular complexity index is 1700. The van der Waals surface area contributed by atoms with Crippen LogP contribution in [0.15, 0.2) is 73.3 Å². The number of rotatable bonds is 4. The fourth-order valence-corrected chi connectivity index (χ4v) is 3.98. The largest absolute Gasteiger partial charge is 0.476 e. The van der Waals surface area contributed by atoms with Crippen LogP contribution in [0.3, 0.4) is 0 Å². The maximum absolute atomic E-state index is 11.4. The number of carbonyl (C=O) groups excluding carboxylic acids is 1. The van der Waals surface area contributed by atoms with E-state index in [1.54, 1.807) is 36.4 Å². The fourth-order valence-electron chi connectivity index (χ4n) is 3.70. The van der Waals surface area contributed by atoms with E-state index in [0.29, 0.717) is 33.1 Å². The van der Waals surface area contributed by atoms with Crippen LogP contribution in [0.5, 0.6) is 0 Å². The van der Waals surface area contributed by atoms with E-state index in [1.807, 2.05) is 18.2 Å². The van der Waals surface area contributed by atoms with Crippen molar-refractivity contribution in [2.45, 2.75) is 7.43 Å². The zero-order valence-electron chi connectivity index (χ0n) is 19.1. The molecule has 0 aliphatic rings. The third kappa shape index (κ3) is 5.37. The maximum Gasteiger partial charge on any atom is 0.357 e. The lowest BCUT2D eigenvalue weighted by Gasteiger charge is -2.01. The Morgan fingerprint density at radius 3 is 1.59 bits per heavy atom. The van der Waals surface area contributed by atoms with E-state index in [4.69, 9.17) is 34.0 Å². The number of fused-ring (bicyclic) bond motifs is 2. The predicted octanol–water partition coefficient (Wildman–Crippen LogP) is 4.37. The van der Waals surface area contributed by atoms with Crippen molar-refractivity contribution in [3.8, 4) is 11.6 Å². The molecule has 12 nitrogen and oxygen atoms in total. The lowest BCUT2D eigenvalue weighted by Crippen LogP contribution is -2.12. The van der Waals surface area contributed by atoms with Crippen LogP contribution in [0.2, 0.25) is 10.3 Å². The van der Waals surface area contributed by atoms with Gasteiger partial charge in [-0.1, -0.05) is 67.0 Å². The Kier molecular flexibility index (Phi) is 7.79. The molecule has 4 heterocycles. The molecular formula is C25H19Cl2N9O3. The topological polar surface area (TPSA) is 168 Å². The molecule has 1 amide bonds. The molecule has 196 valence electrons. The smallest absolute Gasteiger partial charge is 0.357 e. The van der Waals surface area contributed by atoms with Gasteiger partial charge in [-0.25, -0.2) is 34.1 Å². The predicted molar refractivity (Wildman–Crippen MR) is 146 cm³/mol. The Balaban J connectivity index is 0.000000176. The first-order valence-corrected chi connectivity index (χ1v) is 11.5. The van der Waals surface area contributed by atoms with Gasteiger partial charge in [-0.15, -0.1) is 0 Å². The molecule has 6 aromatic rings. The summed E-state index contributed by atoms with van der Waals surface area (Å²) in [6, 6.07) is 17.4. The molecule has 4 aromatic heterocycles. The van der Waals surface area contributed by atoms with Crippen LogP contribution in [-0.2, 0) is 0 Å². The number of nitrogens with two attached hydrogens (primary N) is 1. The van der Waals surface area contributed by atoms with Crippen LogP contribution in [0, 0.1) is 0 Å². The highest BCUT2D eigenvalue weighted by atomic mass is 35.5. The van der Waals surface area contributed by atoms with Crippen LogP contribution < -0.4 is 5.73 Å². The number of hydrogen-bond donors (Lipinski definition) is 2. The number of aromatic carboxylic acids is 1. The number of para-hydroxylation sites is 2. The summed E-state index contributed by atoms with van der Waals surface area (Å²) in [5.74, 6) is -0.780. The van der Waals surface area contributed by atoms with Gasteiger partial charge >= 0.3 is 5.97 Å². The first-order valence-electron chi connectivity index (χ1n) is 10.8. The second kappa shape index (κ2) is 11.2. The third-order valence-corrected chi connectivity index (χ3v) is 5.70. The number of carboxylic acid groups (broad SMARTS) is 1. The van der Waals surface area contributed by atoms with Crippen molar-refractivity contribution in [3.63, 3.8) is 0 Å². The monoisotopic (exact) mass is 563 g/mol. The van der Waals surface area contributed by atoms with Crippen molar-refractivity contribution in [1.82, 2.24) is 39.5 Å². The molecule has 0 aliphatic carbocycles. The van der Waals surface area contributed by atoms with Crippen molar-refractivity contribution in [3.05, 3.63) is 95.0 Å². The molecule has 14 heteroatoms. The number of nitrogens with zero attached hydrogens (tertiary/aromatic N) is 8.